The Morgan fingerprint density at radius 2 is 1.77 bits per heavy atom. The van der Waals surface area contributed by atoms with Crippen molar-refractivity contribution in [3.05, 3.63) is 60.2 Å². The molecule has 30 heavy (non-hydrogen) atoms. The highest BCUT2D eigenvalue weighted by Gasteiger charge is 2.75. The van der Waals surface area contributed by atoms with Crippen LogP contribution in [-0.4, -0.2) is 43.1 Å². The summed E-state index contributed by atoms with van der Waals surface area (Å²) < 4.78 is 22.6. The number of hydrogen-bond acceptors (Lipinski definition) is 6. The Hall–Kier alpha value is -2.90. The van der Waals surface area contributed by atoms with E-state index in [0.29, 0.717) is 11.4 Å². The summed E-state index contributed by atoms with van der Waals surface area (Å²) in [5.74, 6) is -1.38. The van der Waals surface area contributed by atoms with Gasteiger partial charge in [-0.3, -0.25) is 9.69 Å². The molecule has 0 saturated carbocycles. The SMILES string of the molecule is CCOC(=O)[C@@H]1OC(C)(C)O[C@]12C(=O)N(c1ccccc1)[C@H]2c1ccc(OC)cc1. The monoisotopic (exact) mass is 411 g/mol. The van der Waals surface area contributed by atoms with Crippen LogP contribution in [0.4, 0.5) is 5.69 Å². The van der Waals surface area contributed by atoms with Crippen LogP contribution >= 0.6 is 0 Å². The van der Waals surface area contributed by atoms with Gasteiger partial charge in [0.2, 0.25) is 5.60 Å². The highest BCUT2D eigenvalue weighted by molar-refractivity contribution is 6.11. The highest BCUT2D eigenvalue weighted by atomic mass is 16.8. The fraction of sp³-hybridized carbons (Fsp3) is 0.391. The normalized spacial score (nSPS) is 27.1. The van der Waals surface area contributed by atoms with Crippen molar-refractivity contribution in [2.75, 3.05) is 18.6 Å². The third-order valence-corrected chi connectivity index (χ3v) is 5.39. The van der Waals surface area contributed by atoms with Gasteiger partial charge in [0.1, 0.15) is 11.8 Å². The van der Waals surface area contributed by atoms with Crippen molar-refractivity contribution < 1.29 is 28.5 Å². The average Bonchev–Trinajstić information content (AvgIpc) is 3.06. The molecular formula is C23H25NO6. The Balaban J connectivity index is 1.84. The zero-order chi connectivity index (χ0) is 21.5. The predicted molar refractivity (Wildman–Crippen MR) is 109 cm³/mol. The molecule has 7 heteroatoms. The van der Waals surface area contributed by atoms with Gasteiger partial charge in [-0.05, 0) is 50.6 Å². The van der Waals surface area contributed by atoms with Crippen molar-refractivity contribution >= 4 is 17.6 Å². The summed E-state index contributed by atoms with van der Waals surface area (Å²) >= 11 is 0. The van der Waals surface area contributed by atoms with E-state index in [9.17, 15) is 9.59 Å². The first-order valence-corrected chi connectivity index (χ1v) is 9.91. The maximum atomic E-state index is 13.6. The van der Waals surface area contributed by atoms with E-state index < -0.39 is 29.5 Å². The van der Waals surface area contributed by atoms with Crippen LogP contribution in [0.25, 0.3) is 0 Å². The maximum absolute atomic E-state index is 13.6. The molecule has 2 aromatic carbocycles. The zero-order valence-corrected chi connectivity index (χ0v) is 17.5. The molecule has 1 spiro atoms. The quantitative estimate of drug-likeness (QED) is 0.556. The highest BCUT2D eigenvalue weighted by Crippen LogP contribution is 2.56. The minimum absolute atomic E-state index is 0.180. The minimum atomic E-state index is -1.51. The molecule has 7 nitrogen and oxygen atoms in total. The number of benzene rings is 2. The summed E-state index contributed by atoms with van der Waals surface area (Å²) in [5.41, 5.74) is -0.0000871. The molecule has 4 rings (SSSR count). The molecule has 158 valence electrons. The molecular weight excluding hydrogens is 386 g/mol. The van der Waals surface area contributed by atoms with Crippen LogP contribution in [-0.2, 0) is 23.8 Å². The molecule has 0 aromatic heterocycles. The largest absolute Gasteiger partial charge is 0.497 e. The lowest BCUT2D eigenvalue weighted by atomic mass is 9.73. The number of ether oxygens (including phenoxy) is 4. The van der Waals surface area contributed by atoms with E-state index >= 15 is 0 Å². The molecule has 0 N–H and O–H groups in total. The van der Waals surface area contributed by atoms with Gasteiger partial charge in [0, 0.05) is 5.69 Å². The number of carbonyl (C=O) groups excluding carboxylic acids is 2. The third-order valence-electron chi connectivity index (χ3n) is 5.39. The van der Waals surface area contributed by atoms with Crippen molar-refractivity contribution in [3.63, 3.8) is 0 Å². The smallest absolute Gasteiger partial charge is 0.339 e. The van der Waals surface area contributed by atoms with Gasteiger partial charge in [0.25, 0.3) is 5.91 Å². The molecule has 0 aliphatic carbocycles. The van der Waals surface area contributed by atoms with Gasteiger partial charge in [-0.25, -0.2) is 4.79 Å². The summed E-state index contributed by atoms with van der Waals surface area (Å²) in [6, 6.07) is 16.1. The van der Waals surface area contributed by atoms with Crippen LogP contribution < -0.4 is 9.64 Å². The van der Waals surface area contributed by atoms with E-state index in [2.05, 4.69) is 0 Å². The van der Waals surface area contributed by atoms with E-state index in [1.54, 1.807) is 32.8 Å². The Morgan fingerprint density at radius 3 is 2.37 bits per heavy atom. The number of esters is 1. The van der Waals surface area contributed by atoms with Crippen LogP contribution in [0.2, 0.25) is 0 Å². The number of para-hydroxylation sites is 1. The number of anilines is 1. The fourth-order valence-corrected chi connectivity index (χ4v) is 4.24. The molecule has 1 amide bonds. The van der Waals surface area contributed by atoms with Crippen LogP contribution in [0.5, 0.6) is 5.75 Å². The van der Waals surface area contributed by atoms with Gasteiger partial charge in [-0.15, -0.1) is 0 Å². The topological polar surface area (TPSA) is 74.3 Å². The molecule has 2 aromatic rings. The molecule has 0 bridgehead atoms. The van der Waals surface area contributed by atoms with Gasteiger partial charge in [0.15, 0.2) is 11.9 Å². The number of hydrogen-bond donors (Lipinski definition) is 0. The van der Waals surface area contributed by atoms with Crippen molar-refractivity contribution in [1.82, 2.24) is 0 Å². The van der Waals surface area contributed by atoms with Crippen LogP contribution in [0.15, 0.2) is 54.6 Å². The number of β-lactam (4-membered cyclic amide) rings is 1. The third kappa shape index (κ3) is 3.05. The first kappa shape index (κ1) is 20.4. The number of rotatable bonds is 5. The maximum Gasteiger partial charge on any atom is 0.339 e. The molecule has 0 unspecified atom stereocenters. The second-order valence-corrected chi connectivity index (χ2v) is 7.73. The van der Waals surface area contributed by atoms with E-state index in [1.807, 2.05) is 54.6 Å². The first-order chi connectivity index (χ1) is 14.3. The first-order valence-electron chi connectivity index (χ1n) is 9.91. The van der Waals surface area contributed by atoms with E-state index in [-0.39, 0.29) is 12.5 Å². The van der Waals surface area contributed by atoms with Crippen molar-refractivity contribution in [1.29, 1.82) is 0 Å². The van der Waals surface area contributed by atoms with Gasteiger partial charge in [-0.1, -0.05) is 30.3 Å². The molecule has 2 aliphatic heterocycles. The summed E-state index contributed by atoms with van der Waals surface area (Å²) in [6.45, 7) is 5.28. The van der Waals surface area contributed by atoms with Gasteiger partial charge >= 0.3 is 5.97 Å². The molecule has 3 atom stereocenters. The van der Waals surface area contributed by atoms with E-state index in [1.165, 1.54) is 0 Å². The molecule has 2 saturated heterocycles. The zero-order valence-electron chi connectivity index (χ0n) is 17.5. The summed E-state index contributed by atoms with van der Waals surface area (Å²) in [6.07, 6.45) is -1.17. The van der Waals surface area contributed by atoms with Gasteiger partial charge in [-0.2, -0.15) is 0 Å². The minimum Gasteiger partial charge on any atom is -0.497 e. The van der Waals surface area contributed by atoms with Crippen LogP contribution in [0.1, 0.15) is 32.4 Å². The number of nitrogens with zero attached hydrogens (tertiary/aromatic N) is 1. The Kier molecular flexibility index (Phi) is 5.03. The number of amides is 1. The van der Waals surface area contributed by atoms with Crippen molar-refractivity contribution in [2.24, 2.45) is 0 Å². The average molecular weight is 411 g/mol. The van der Waals surface area contributed by atoms with Crippen LogP contribution in [0.3, 0.4) is 0 Å². The van der Waals surface area contributed by atoms with Crippen molar-refractivity contribution in [3.8, 4) is 5.75 Å². The molecule has 2 heterocycles. The second kappa shape index (κ2) is 7.41. The summed E-state index contributed by atoms with van der Waals surface area (Å²) in [4.78, 5) is 28.0. The predicted octanol–water partition coefficient (Wildman–Crippen LogP) is 3.24. The van der Waals surface area contributed by atoms with E-state index in [4.69, 9.17) is 18.9 Å². The Bertz CT molecular complexity index is 942. The molecule has 0 radical (unpaired) electrons. The Morgan fingerprint density at radius 1 is 1.10 bits per heavy atom. The fourth-order valence-electron chi connectivity index (χ4n) is 4.24. The molecule has 2 aliphatic rings. The van der Waals surface area contributed by atoms with Crippen molar-refractivity contribution in [2.45, 2.75) is 44.3 Å². The lowest BCUT2D eigenvalue weighted by molar-refractivity contribution is -0.189. The summed E-state index contributed by atoms with van der Waals surface area (Å²) in [7, 11) is 1.59. The van der Waals surface area contributed by atoms with E-state index in [0.717, 1.165) is 5.56 Å². The van der Waals surface area contributed by atoms with Crippen LogP contribution in [0, 0.1) is 0 Å². The van der Waals surface area contributed by atoms with Gasteiger partial charge < -0.3 is 18.9 Å². The van der Waals surface area contributed by atoms with Gasteiger partial charge in [0.05, 0.1) is 13.7 Å². The standard InChI is InChI=1S/C23H25NO6/c1-5-28-20(25)19-23(30-22(2,3)29-19)18(15-11-13-17(27-4)14-12-15)24(21(23)26)16-9-7-6-8-10-16/h6-14,18-19H,5H2,1-4H3/t18-,19-,23-/m0/s1. The lowest BCUT2D eigenvalue weighted by Gasteiger charge is -2.54. The summed E-state index contributed by atoms with van der Waals surface area (Å²) in [5, 5.41) is 0. The second-order valence-electron chi connectivity index (χ2n) is 7.73. The Labute approximate surface area is 175 Å². The number of carbonyl (C=O) groups is 2. The number of methoxy groups -OCH3 is 1. The lowest BCUT2D eigenvalue weighted by Crippen LogP contribution is -2.74. The molecule has 2 fully saturated rings.